The number of hydrogen-bond acceptors (Lipinski definition) is 6. The first-order valence-corrected chi connectivity index (χ1v) is 13.6. The van der Waals surface area contributed by atoms with Crippen LogP contribution in [0.2, 0.25) is 0 Å². The van der Waals surface area contributed by atoms with E-state index in [1.807, 2.05) is 0 Å². The Bertz CT molecular complexity index is 641. The van der Waals surface area contributed by atoms with Crippen LogP contribution in [0.5, 0.6) is 0 Å². The summed E-state index contributed by atoms with van der Waals surface area (Å²) in [4.78, 5) is 2.18. The average molecular weight is 509 g/mol. The lowest BCUT2D eigenvalue weighted by atomic mass is 9.77. The number of methoxy groups -OCH3 is 1. The van der Waals surface area contributed by atoms with Gasteiger partial charge in [0.2, 0.25) is 0 Å². The van der Waals surface area contributed by atoms with E-state index < -0.39 is 30.6 Å². The van der Waals surface area contributed by atoms with Crippen molar-refractivity contribution >= 4 is 0 Å². The zero-order chi connectivity index (χ0) is 25.0. The minimum Gasteiger partial charge on any atom is -0.395 e. The molecule has 0 aromatic carbocycles. The predicted molar refractivity (Wildman–Crippen MR) is 126 cm³/mol. The highest BCUT2D eigenvalue weighted by Gasteiger charge is 2.47. The van der Waals surface area contributed by atoms with Crippen LogP contribution in [0.1, 0.15) is 70.6 Å². The summed E-state index contributed by atoms with van der Waals surface area (Å²) in [6, 6.07) is -0.0519. The number of ether oxygens (including phenoxy) is 1. The second kappa shape index (κ2) is 12.3. The van der Waals surface area contributed by atoms with E-state index in [2.05, 4.69) is 20.9 Å². The second-order valence-corrected chi connectivity index (χ2v) is 11.2. The molecule has 0 bridgehead atoms. The van der Waals surface area contributed by atoms with E-state index in [0.717, 1.165) is 51.5 Å². The maximum atomic E-state index is 15.8. The molecule has 0 amide bonds. The van der Waals surface area contributed by atoms with Crippen molar-refractivity contribution in [1.82, 2.24) is 20.9 Å². The van der Waals surface area contributed by atoms with Gasteiger partial charge in [-0.1, -0.05) is 0 Å². The minimum atomic E-state index is -4.10. The first-order valence-electron chi connectivity index (χ1n) is 13.6. The number of nitrogens with zero attached hydrogens (tertiary/aromatic N) is 1. The van der Waals surface area contributed by atoms with Gasteiger partial charge in [-0.2, -0.15) is 13.2 Å². The fraction of sp³-hybridized carbons (Fsp3) is 1.00. The summed E-state index contributed by atoms with van der Waals surface area (Å²) < 4.78 is 60.6. The summed E-state index contributed by atoms with van der Waals surface area (Å²) >= 11 is 0. The molecular weight excluding hydrogens is 464 g/mol. The molecule has 35 heavy (non-hydrogen) atoms. The molecule has 0 aromatic heterocycles. The van der Waals surface area contributed by atoms with Crippen molar-refractivity contribution in [2.24, 2.45) is 17.8 Å². The van der Waals surface area contributed by atoms with E-state index in [0.29, 0.717) is 31.5 Å². The topological polar surface area (TPSA) is 68.8 Å². The largest absolute Gasteiger partial charge is 0.395 e. The van der Waals surface area contributed by atoms with E-state index in [1.165, 1.54) is 0 Å². The molecule has 4 unspecified atom stereocenters. The first-order chi connectivity index (χ1) is 16.8. The van der Waals surface area contributed by atoms with Crippen LogP contribution in [0.3, 0.4) is 0 Å². The molecule has 0 radical (unpaired) electrons. The van der Waals surface area contributed by atoms with Gasteiger partial charge in [0.1, 0.15) is 0 Å². The number of aliphatic hydroxyl groups is 1. The lowest BCUT2D eigenvalue weighted by Gasteiger charge is -2.45. The molecule has 4 fully saturated rings. The SMILES string of the molecule is COC1CCC(C[C@H](CO)NC2NCNC(N3CCCC3C3CCC(C(F)(F)F)CC3)C2F)CC1. The van der Waals surface area contributed by atoms with E-state index >= 15 is 4.39 Å². The fourth-order valence-electron chi connectivity index (χ4n) is 7.08. The second-order valence-electron chi connectivity index (χ2n) is 11.2. The molecule has 4 N–H and O–H groups in total. The highest BCUT2D eigenvalue weighted by molar-refractivity contribution is 4.97. The van der Waals surface area contributed by atoms with Crippen LogP contribution >= 0.6 is 0 Å². The van der Waals surface area contributed by atoms with Gasteiger partial charge in [0, 0.05) is 32.4 Å². The lowest BCUT2D eigenvalue weighted by Crippen LogP contribution is -2.70. The molecule has 2 heterocycles. The van der Waals surface area contributed by atoms with Gasteiger partial charge in [0.05, 0.1) is 31.0 Å². The molecule has 0 aromatic rings. The van der Waals surface area contributed by atoms with Gasteiger partial charge in [-0.3, -0.25) is 20.9 Å². The minimum absolute atomic E-state index is 0.0397. The predicted octanol–water partition coefficient (Wildman–Crippen LogP) is 3.51. The van der Waals surface area contributed by atoms with Crippen molar-refractivity contribution in [3.05, 3.63) is 0 Å². The number of hydrogen-bond donors (Lipinski definition) is 4. The average Bonchev–Trinajstić information content (AvgIpc) is 3.34. The van der Waals surface area contributed by atoms with Crippen molar-refractivity contribution in [1.29, 1.82) is 0 Å². The van der Waals surface area contributed by atoms with Crippen LogP contribution in [0.25, 0.3) is 0 Å². The number of rotatable bonds is 8. The number of halogens is 4. The van der Waals surface area contributed by atoms with Crippen LogP contribution in [0.15, 0.2) is 0 Å². The van der Waals surface area contributed by atoms with Crippen molar-refractivity contribution in [3.8, 4) is 0 Å². The summed E-state index contributed by atoms with van der Waals surface area (Å²) in [6.45, 7) is 1.17. The van der Waals surface area contributed by atoms with Crippen LogP contribution < -0.4 is 16.0 Å². The monoisotopic (exact) mass is 508 g/mol. The molecule has 6 nitrogen and oxygen atoms in total. The summed E-state index contributed by atoms with van der Waals surface area (Å²) in [6.07, 6.45) is 2.29. The van der Waals surface area contributed by atoms with Gasteiger partial charge < -0.3 is 9.84 Å². The fourth-order valence-corrected chi connectivity index (χ4v) is 7.08. The van der Waals surface area contributed by atoms with E-state index in [4.69, 9.17) is 4.74 Å². The Morgan fingerprint density at radius 2 is 1.74 bits per heavy atom. The quantitative estimate of drug-likeness (QED) is 0.377. The maximum Gasteiger partial charge on any atom is 0.391 e. The standard InChI is InChI=1S/C25H44F4N4O2/c1-35-20-10-4-16(5-11-20)13-19(14-34)32-23-22(26)24(31-15-30-23)33-12-2-3-21(33)17-6-8-18(9-7-17)25(27,28)29/h16-24,30-32,34H,2-15H2,1H3/t16?,17?,18?,19-,20?,21?,22?,23?,24?/m1/s1. The molecule has 0 spiro atoms. The molecule has 2 saturated heterocycles. The maximum absolute atomic E-state index is 15.8. The summed E-state index contributed by atoms with van der Waals surface area (Å²) in [5, 5.41) is 19.8. The molecule has 204 valence electrons. The Balaban J connectivity index is 1.31. The summed E-state index contributed by atoms with van der Waals surface area (Å²) in [5.41, 5.74) is 0. The van der Waals surface area contributed by atoms with Crippen LogP contribution in [-0.4, -0.2) is 79.8 Å². The van der Waals surface area contributed by atoms with Gasteiger partial charge in [-0.15, -0.1) is 0 Å². The normalized spacial score (nSPS) is 40.6. The van der Waals surface area contributed by atoms with Gasteiger partial charge in [0.25, 0.3) is 0 Å². The Morgan fingerprint density at radius 3 is 2.37 bits per heavy atom. The highest BCUT2D eigenvalue weighted by Crippen LogP contribution is 2.43. The molecule has 2 aliphatic carbocycles. The summed E-state index contributed by atoms with van der Waals surface area (Å²) in [5.74, 6) is -0.497. The molecule has 2 saturated carbocycles. The molecule has 4 rings (SSSR count). The Morgan fingerprint density at radius 1 is 1.03 bits per heavy atom. The van der Waals surface area contributed by atoms with Gasteiger partial charge in [0.15, 0.2) is 6.17 Å². The van der Waals surface area contributed by atoms with Gasteiger partial charge in [-0.05, 0) is 82.5 Å². The summed E-state index contributed by atoms with van der Waals surface area (Å²) in [7, 11) is 1.75. The Kier molecular flexibility index (Phi) is 9.71. The van der Waals surface area contributed by atoms with E-state index in [-0.39, 0.29) is 37.5 Å². The molecular formula is C25H44F4N4O2. The smallest absolute Gasteiger partial charge is 0.391 e. The van der Waals surface area contributed by atoms with Crippen molar-refractivity contribution in [3.63, 3.8) is 0 Å². The van der Waals surface area contributed by atoms with E-state index in [9.17, 15) is 18.3 Å². The zero-order valence-corrected chi connectivity index (χ0v) is 20.9. The third-order valence-electron chi connectivity index (χ3n) is 9.11. The zero-order valence-electron chi connectivity index (χ0n) is 20.9. The van der Waals surface area contributed by atoms with Crippen molar-refractivity contribution < 1.29 is 27.4 Å². The van der Waals surface area contributed by atoms with Crippen molar-refractivity contribution in [2.45, 2.75) is 113 Å². The first kappa shape index (κ1) is 27.5. The number of likely N-dealkylation sites (tertiary alicyclic amines) is 1. The van der Waals surface area contributed by atoms with Gasteiger partial charge >= 0.3 is 6.18 Å². The van der Waals surface area contributed by atoms with Gasteiger partial charge in [-0.25, -0.2) is 4.39 Å². The molecule has 5 atom stereocenters. The number of nitrogens with one attached hydrogen (secondary N) is 3. The molecule has 10 heteroatoms. The third kappa shape index (κ3) is 6.87. The lowest BCUT2D eigenvalue weighted by molar-refractivity contribution is -0.185. The number of alkyl halides is 4. The Labute approximate surface area is 206 Å². The Hall–Kier alpha value is -0.520. The van der Waals surface area contributed by atoms with Crippen LogP contribution in [-0.2, 0) is 4.74 Å². The number of aliphatic hydroxyl groups excluding tert-OH is 1. The molecule has 4 aliphatic rings. The highest BCUT2D eigenvalue weighted by atomic mass is 19.4. The van der Waals surface area contributed by atoms with Crippen molar-refractivity contribution in [2.75, 3.05) is 26.9 Å². The van der Waals surface area contributed by atoms with Crippen LogP contribution in [0.4, 0.5) is 17.6 Å². The van der Waals surface area contributed by atoms with E-state index in [1.54, 1.807) is 7.11 Å². The van der Waals surface area contributed by atoms with Crippen LogP contribution in [0, 0.1) is 17.8 Å². The third-order valence-corrected chi connectivity index (χ3v) is 9.11. The molecule has 2 aliphatic heterocycles.